The number of methoxy groups -OCH3 is 1. The minimum absolute atomic E-state index is 0.115. The molecule has 0 saturated carbocycles. The molecule has 1 aliphatic heterocycles. The number of nitrogens with zero attached hydrogens (tertiary/aromatic N) is 2. The van der Waals surface area contributed by atoms with Gasteiger partial charge in [0.15, 0.2) is 0 Å². The van der Waals surface area contributed by atoms with Crippen molar-refractivity contribution < 1.29 is 27.5 Å². The number of anilines is 1. The lowest BCUT2D eigenvalue weighted by Gasteiger charge is -2.31. The van der Waals surface area contributed by atoms with Gasteiger partial charge in [0.05, 0.1) is 17.1 Å². The minimum atomic E-state index is -3.58. The number of aryl methyl sites for hydroxylation is 1. The van der Waals surface area contributed by atoms with Crippen molar-refractivity contribution in [1.29, 1.82) is 0 Å². The molecule has 1 amide bonds. The number of aromatic nitrogens is 1. The highest BCUT2D eigenvalue weighted by Crippen LogP contribution is 2.22. The molecule has 0 spiro atoms. The summed E-state index contributed by atoms with van der Waals surface area (Å²) in [6.45, 7) is 6.00. The average molecular weight is 479 g/mol. The van der Waals surface area contributed by atoms with E-state index in [9.17, 15) is 18.0 Å². The van der Waals surface area contributed by atoms with E-state index in [0.29, 0.717) is 48.7 Å². The third kappa shape index (κ3) is 5.61. The third-order valence-electron chi connectivity index (χ3n) is 5.60. The van der Waals surface area contributed by atoms with Crippen LogP contribution in [0.4, 0.5) is 5.69 Å². The van der Waals surface area contributed by atoms with Crippen LogP contribution in [-0.4, -0.2) is 88.0 Å². The number of esters is 1. The van der Waals surface area contributed by atoms with E-state index in [1.807, 2.05) is 7.05 Å². The van der Waals surface area contributed by atoms with E-state index in [2.05, 4.69) is 15.2 Å². The average Bonchev–Trinajstić information content (AvgIpc) is 3.08. The van der Waals surface area contributed by atoms with Crippen LogP contribution in [0.3, 0.4) is 0 Å². The number of aromatic amines is 1. The Balaban J connectivity index is 1.70. The number of carbonyl (C=O) groups excluding carboxylic acids is 2. The first-order valence-corrected chi connectivity index (χ1v) is 12.0. The topological polar surface area (TPSA) is 121 Å². The molecular weight excluding hydrogens is 448 g/mol. The molecule has 1 aliphatic rings. The second-order valence-corrected chi connectivity index (χ2v) is 9.88. The summed E-state index contributed by atoms with van der Waals surface area (Å²) in [5.41, 5.74) is 1.98. The molecule has 1 saturated heterocycles. The van der Waals surface area contributed by atoms with Gasteiger partial charge in [0, 0.05) is 44.7 Å². The molecule has 3 rings (SSSR count). The summed E-state index contributed by atoms with van der Waals surface area (Å²) >= 11 is 0. The lowest BCUT2D eigenvalue weighted by Crippen LogP contribution is -2.46. The Morgan fingerprint density at radius 1 is 1.06 bits per heavy atom. The van der Waals surface area contributed by atoms with Crippen LogP contribution in [0.25, 0.3) is 0 Å². The Labute approximate surface area is 193 Å². The van der Waals surface area contributed by atoms with Gasteiger partial charge in [0.1, 0.15) is 12.3 Å². The zero-order valence-electron chi connectivity index (χ0n) is 19.3. The van der Waals surface area contributed by atoms with Crippen LogP contribution in [0.5, 0.6) is 0 Å². The summed E-state index contributed by atoms with van der Waals surface area (Å²) in [5, 5.41) is 2.74. The van der Waals surface area contributed by atoms with Crippen molar-refractivity contribution in [2.75, 3.05) is 58.9 Å². The van der Waals surface area contributed by atoms with Crippen LogP contribution < -0.4 is 5.32 Å². The van der Waals surface area contributed by atoms with E-state index in [0.717, 1.165) is 0 Å². The van der Waals surface area contributed by atoms with Crippen LogP contribution in [-0.2, 0) is 19.5 Å². The van der Waals surface area contributed by atoms with Crippen LogP contribution in [0.15, 0.2) is 29.2 Å². The van der Waals surface area contributed by atoms with Crippen molar-refractivity contribution in [3.8, 4) is 0 Å². The number of piperazine rings is 1. The predicted octanol–water partition coefficient (Wildman–Crippen LogP) is 1.62. The van der Waals surface area contributed by atoms with Crippen LogP contribution in [0.2, 0.25) is 0 Å². The molecule has 2 heterocycles. The van der Waals surface area contributed by atoms with Gasteiger partial charge in [0.25, 0.3) is 5.91 Å². The van der Waals surface area contributed by atoms with Crippen LogP contribution >= 0.6 is 0 Å². The number of hydrogen-bond acceptors (Lipinski definition) is 7. The summed E-state index contributed by atoms with van der Waals surface area (Å²) in [6.07, 6.45) is 0. The van der Waals surface area contributed by atoms with Gasteiger partial charge in [0.2, 0.25) is 10.0 Å². The van der Waals surface area contributed by atoms with E-state index in [4.69, 9.17) is 9.47 Å². The molecule has 1 aromatic carbocycles. The Hall–Kier alpha value is -2.73. The van der Waals surface area contributed by atoms with Crippen molar-refractivity contribution in [1.82, 2.24) is 14.2 Å². The zero-order chi connectivity index (χ0) is 24.2. The van der Waals surface area contributed by atoms with Crippen molar-refractivity contribution in [2.24, 2.45) is 0 Å². The normalized spacial score (nSPS) is 15.4. The Morgan fingerprint density at radius 3 is 2.30 bits per heavy atom. The lowest BCUT2D eigenvalue weighted by atomic mass is 10.1. The van der Waals surface area contributed by atoms with Crippen molar-refractivity contribution >= 4 is 27.6 Å². The maximum atomic E-state index is 12.9. The van der Waals surface area contributed by atoms with Crippen LogP contribution in [0.1, 0.15) is 32.1 Å². The minimum Gasteiger partial charge on any atom is -0.460 e. The summed E-state index contributed by atoms with van der Waals surface area (Å²) in [5.74, 6) is -0.975. The Kier molecular flexibility index (Phi) is 7.90. The number of likely N-dealkylation sites (N-methyl/N-ethyl adjacent to an activating group) is 1. The first kappa shape index (κ1) is 24.9. The maximum Gasteiger partial charge on any atom is 0.340 e. The molecule has 2 N–H and O–H groups in total. The van der Waals surface area contributed by atoms with Crippen molar-refractivity contribution in [2.45, 2.75) is 18.7 Å². The number of carbonyl (C=O) groups is 2. The number of H-pyrrole nitrogens is 1. The fourth-order valence-electron chi connectivity index (χ4n) is 3.65. The van der Waals surface area contributed by atoms with Gasteiger partial charge in [-0.05, 0) is 50.7 Å². The van der Waals surface area contributed by atoms with Gasteiger partial charge in [-0.25, -0.2) is 13.2 Å². The molecule has 0 atom stereocenters. The molecule has 0 aliphatic carbocycles. The molecule has 0 bridgehead atoms. The standard InChI is InChI=1S/C22H30N4O6S/c1-15-19(22(28)32-14-13-31-4)16(2)23-20(15)21(27)24-17-5-7-18(8-6-17)33(29,30)26-11-9-25(3)10-12-26/h5-8,23H,9-14H2,1-4H3,(H,24,27). The smallest absolute Gasteiger partial charge is 0.340 e. The van der Waals surface area contributed by atoms with Crippen molar-refractivity contribution in [3.63, 3.8) is 0 Å². The molecule has 1 aromatic heterocycles. The fraction of sp³-hybridized carbons (Fsp3) is 0.455. The quantitative estimate of drug-likeness (QED) is 0.437. The molecule has 10 nitrogen and oxygen atoms in total. The monoisotopic (exact) mass is 478 g/mol. The van der Waals surface area contributed by atoms with E-state index < -0.39 is 21.9 Å². The van der Waals surface area contributed by atoms with Gasteiger partial charge in [-0.1, -0.05) is 0 Å². The fourth-order valence-corrected chi connectivity index (χ4v) is 5.08. The first-order valence-electron chi connectivity index (χ1n) is 10.6. The van der Waals surface area contributed by atoms with Gasteiger partial charge in [-0.15, -0.1) is 0 Å². The van der Waals surface area contributed by atoms with Gasteiger partial charge >= 0.3 is 5.97 Å². The number of rotatable bonds is 8. The van der Waals surface area contributed by atoms with Gasteiger partial charge in [-0.3, -0.25) is 4.79 Å². The maximum absolute atomic E-state index is 12.9. The lowest BCUT2D eigenvalue weighted by molar-refractivity contribution is 0.0386. The van der Waals surface area contributed by atoms with E-state index in [1.165, 1.54) is 23.5 Å². The molecule has 2 aromatic rings. The second kappa shape index (κ2) is 10.5. The second-order valence-electron chi connectivity index (χ2n) is 7.94. The summed E-state index contributed by atoms with van der Waals surface area (Å²) in [4.78, 5) is 30.3. The van der Waals surface area contributed by atoms with E-state index in [1.54, 1.807) is 26.0 Å². The summed E-state index contributed by atoms with van der Waals surface area (Å²) in [6, 6.07) is 6.06. The number of benzene rings is 1. The van der Waals surface area contributed by atoms with Gasteiger partial charge < -0.3 is 24.7 Å². The van der Waals surface area contributed by atoms with Gasteiger partial charge in [-0.2, -0.15) is 4.31 Å². The number of sulfonamides is 1. The van der Waals surface area contributed by atoms with E-state index in [-0.39, 0.29) is 23.8 Å². The zero-order valence-corrected chi connectivity index (χ0v) is 20.1. The predicted molar refractivity (Wildman–Crippen MR) is 123 cm³/mol. The van der Waals surface area contributed by atoms with Crippen LogP contribution in [0, 0.1) is 13.8 Å². The molecule has 180 valence electrons. The highest BCUT2D eigenvalue weighted by molar-refractivity contribution is 7.89. The molecule has 0 radical (unpaired) electrons. The molecule has 1 fully saturated rings. The Bertz CT molecular complexity index is 1100. The number of ether oxygens (including phenoxy) is 2. The largest absolute Gasteiger partial charge is 0.460 e. The van der Waals surface area contributed by atoms with Crippen molar-refractivity contribution in [3.05, 3.63) is 46.8 Å². The molecular formula is C22H30N4O6S. The van der Waals surface area contributed by atoms with E-state index >= 15 is 0 Å². The first-order chi connectivity index (χ1) is 15.6. The molecule has 11 heteroatoms. The molecule has 33 heavy (non-hydrogen) atoms. The highest BCUT2D eigenvalue weighted by atomic mass is 32.2. The molecule has 0 unspecified atom stereocenters. The highest BCUT2D eigenvalue weighted by Gasteiger charge is 2.27. The number of hydrogen-bond donors (Lipinski definition) is 2. The summed E-state index contributed by atoms with van der Waals surface area (Å²) in [7, 11) is -0.112. The SMILES string of the molecule is COCCOC(=O)c1c(C)[nH]c(C(=O)Nc2ccc(S(=O)(=O)N3CCN(C)CC3)cc2)c1C. The third-order valence-corrected chi connectivity index (χ3v) is 7.51. The summed E-state index contributed by atoms with van der Waals surface area (Å²) < 4.78 is 37.2. The Morgan fingerprint density at radius 2 is 1.70 bits per heavy atom. The number of amides is 1. The number of nitrogens with one attached hydrogen (secondary N) is 2.